The van der Waals surface area contributed by atoms with Crippen molar-refractivity contribution >= 4 is 5.91 Å². The molecule has 1 aromatic carbocycles. The summed E-state index contributed by atoms with van der Waals surface area (Å²) in [4.78, 5) is 12.2. The second kappa shape index (κ2) is 6.40. The Balaban J connectivity index is 1.90. The summed E-state index contributed by atoms with van der Waals surface area (Å²) in [5.41, 5.74) is 2.21. The molecule has 0 aliphatic heterocycles. The number of hydrogen-bond acceptors (Lipinski definition) is 2. The van der Waals surface area contributed by atoms with E-state index in [1.54, 1.807) is 7.11 Å². The third kappa shape index (κ3) is 3.83. The molecule has 1 aromatic rings. The van der Waals surface area contributed by atoms with Crippen LogP contribution >= 0.6 is 0 Å². The summed E-state index contributed by atoms with van der Waals surface area (Å²) in [5.74, 6) is 0.123. The number of nitrogens with one attached hydrogen (secondary N) is 1. The van der Waals surface area contributed by atoms with Gasteiger partial charge in [-0.1, -0.05) is 24.3 Å². The standard InChI is InChI=1S/C17H25NO2/c1-13-6-4-5-7-14(13)12-16(19)18-17(2)10-8-15(20-3)9-11-17/h4-7,15H,8-12H2,1-3H3,(H,18,19). The maximum absolute atomic E-state index is 12.2. The molecule has 0 bridgehead atoms. The van der Waals surface area contributed by atoms with Crippen LogP contribution in [0.15, 0.2) is 24.3 Å². The molecule has 1 aliphatic carbocycles. The lowest BCUT2D eigenvalue weighted by molar-refractivity contribution is -0.123. The van der Waals surface area contributed by atoms with Crippen LogP contribution in [0, 0.1) is 6.92 Å². The predicted molar refractivity (Wildman–Crippen MR) is 80.7 cm³/mol. The fourth-order valence-corrected chi connectivity index (χ4v) is 2.95. The number of methoxy groups -OCH3 is 1. The zero-order valence-electron chi connectivity index (χ0n) is 12.7. The van der Waals surface area contributed by atoms with E-state index in [1.807, 2.05) is 31.2 Å². The molecule has 2 rings (SSSR count). The van der Waals surface area contributed by atoms with E-state index in [0.717, 1.165) is 31.2 Å². The van der Waals surface area contributed by atoms with Crippen molar-refractivity contribution in [2.24, 2.45) is 0 Å². The van der Waals surface area contributed by atoms with E-state index in [1.165, 1.54) is 5.56 Å². The fraction of sp³-hybridized carbons (Fsp3) is 0.588. The molecule has 110 valence electrons. The third-order valence-corrected chi connectivity index (χ3v) is 4.42. The molecule has 0 unspecified atom stereocenters. The van der Waals surface area contributed by atoms with Crippen molar-refractivity contribution in [3.05, 3.63) is 35.4 Å². The highest BCUT2D eigenvalue weighted by molar-refractivity contribution is 5.79. The zero-order chi connectivity index (χ0) is 14.6. The minimum absolute atomic E-state index is 0.0746. The highest BCUT2D eigenvalue weighted by Crippen LogP contribution is 2.29. The van der Waals surface area contributed by atoms with Gasteiger partial charge in [0.2, 0.25) is 5.91 Å². The van der Waals surface area contributed by atoms with Gasteiger partial charge in [-0.3, -0.25) is 4.79 Å². The second-order valence-corrected chi connectivity index (χ2v) is 6.15. The number of aryl methyl sites for hydroxylation is 1. The van der Waals surface area contributed by atoms with Crippen LogP contribution < -0.4 is 5.32 Å². The Morgan fingerprint density at radius 2 is 2.00 bits per heavy atom. The van der Waals surface area contributed by atoms with Gasteiger partial charge in [0, 0.05) is 12.6 Å². The second-order valence-electron chi connectivity index (χ2n) is 6.15. The zero-order valence-corrected chi connectivity index (χ0v) is 12.7. The van der Waals surface area contributed by atoms with Crippen LogP contribution in [-0.4, -0.2) is 24.7 Å². The molecule has 3 nitrogen and oxygen atoms in total. The molecule has 1 amide bonds. The van der Waals surface area contributed by atoms with Crippen LogP contribution in [0.2, 0.25) is 0 Å². The van der Waals surface area contributed by atoms with Crippen molar-refractivity contribution in [2.45, 2.75) is 57.6 Å². The minimum atomic E-state index is -0.0746. The monoisotopic (exact) mass is 275 g/mol. The van der Waals surface area contributed by atoms with Crippen LogP contribution in [0.3, 0.4) is 0 Å². The van der Waals surface area contributed by atoms with E-state index < -0.39 is 0 Å². The molecule has 1 saturated carbocycles. The lowest BCUT2D eigenvalue weighted by Gasteiger charge is -2.37. The van der Waals surface area contributed by atoms with E-state index in [2.05, 4.69) is 12.2 Å². The molecular weight excluding hydrogens is 250 g/mol. The summed E-state index contributed by atoms with van der Waals surface area (Å²) >= 11 is 0. The number of rotatable bonds is 4. The minimum Gasteiger partial charge on any atom is -0.381 e. The van der Waals surface area contributed by atoms with Crippen molar-refractivity contribution in [2.75, 3.05) is 7.11 Å². The summed E-state index contributed by atoms with van der Waals surface area (Å²) in [6, 6.07) is 8.07. The van der Waals surface area contributed by atoms with Crippen LogP contribution in [0.1, 0.15) is 43.7 Å². The van der Waals surface area contributed by atoms with Crippen molar-refractivity contribution < 1.29 is 9.53 Å². The maximum atomic E-state index is 12.2. The summed E-state index contributed by atoms with van der Waals surface area (Å²) in [5, 5.41) is 3.22. The highest BCUT2D eigenvalue weighted by Gasteiger charge is 2.32. The van der Waals surface area contributed by atoms with Gasteiger partial charge in [-0.25, -0.2) is 0 Å². The average Bonchev–Trinajstić information content (AvgIpc) is 2.42. The average molecular weight is 275 g/mol. The Kier molecular flexibility index (Phi) is 4.81. The fourth-order valence-electron chi connectivity index (χ4n) is 2.95. The number of amides is 1. The van der Waals surface area contributed by atoms with Gasteiger partial charge in [-0.15, -0.1) is 0 Å². The molecular formula is C17H25NO2. The topological polar surface area (TPSA) is 38.3 Å². The molecule has 0 saturated heterocycles. The first kappa shape index (κ1) is 15.0. The Labute approximate surface area is 121 Å². The Morgan fingerprint density at radius 3 is 2.60 bits per heavy atom. The summed E-state index contributed by atoms with van der Waals surface area (Å²) in [6.45, 7) is 4.20. The van der Waals surface area contributed by atoms with Gasteiger partial charge in [-0.2, -0.15) is 0 Å². The number of carbonyl (C=O) groups excluding carboxylic acids is 1. The molecule has 0 heterocycles. The molecule has 0 atom stereocenters. The van der Waals surface area contributed by atoms with Crippen LogP contribution in [-0.2, 0) is 16.0 Å². The van der Waals surface area contributed by atoms with Gasteiger partial charge in [0.15, 0.2) is 0 Å². The van der Waals surface area contributed by atoms with E-state index in [4.69, 9.17) is 4.74 Å². The molecule has 0 spiro atoms. The Hall–Kier alpha value is -1.35. The first-order valence-electron chi connectivity index (χ1n) is 7.41. The molecule has 1 fully saturated rings. The third-order valence-electron chi connectivity index (χ3n) is 4.42. The Bertz CT molecular complexity index is 462. The largest absolute Gasteiger partial charge is 0.381 e. The molecule has 0 radical (unpaired) electrons. The van der Waals surface area contributed by atoms with Gasteiger partial charge >= 0.3 is 0 Å². The number of carbonyl (C=O) groups is 1. The van der Waals surface area contributed by atoms with E-state index in [9.17, 15) is 4.79 Å². The predicted octanol–water partition coefficient (Wildman–Crippen LogP) is 3.00. The van der Waals surface area contributed by atoms with Gasteiger partial charge in [0.1, 0.15) is 0 Å². The van der Waals surface area contributed by atoms with Crippen LogP contribution in [0.4, 0.5) is 0 Å². The molecule has 0 aromatic heterocycles. The lowest BCUT2D eigenvalue weighted by atomic mass is 9.81. The van der Waals surface area contributed by atoms with E-state index >= 15 is 0 Å². The molecule has 1 N–H and O–H groups in total. The van der Waals surface area contributed by atoms with Crippen molar-refractivity contribution in [1.29, 1.82) is 0 Å². The first-order chi connectivity index (χ1) is 9.52. The molecule has 3 heteroatoms. The summed E-state index contributed by atoms with van der Waals surface area (Å²) < 4.78 is 5.39. The van der Waals surface area contributed by atoms with Gasteiger partial charge in [0.25, 0.3) is 0 Å². The Morgan fingerprint density at radius 1 is 1.35 bits per heavy atom. The van der Waals surface area contributed by atoms with Gasteiger partial charge < -0.3 is 10.1 Å². The van der Waals surface area contributed by atoms with Gasteiger partial charge in [-0.05, 0) is 50.7 Å². The van der Waals surface area contributed by atoms with Crippen LogP contribution in [0.25, 0.3) is 0 Å². The summed E-state index contributed by atoms with van der Waals surface area (Å²) in [6.07, 6.45) is 4.86. The maximum Gasteiger partial charge on any atom is 0.224 e. The van der Waals surface area contributed by atoms with Gasteiger partial charge in [0.05, 0.1) is 12.5 Å². The smallest absolute Gasteiger partial charge is 0.224 e. The van der Waals surface area contributed by atoms with Crippen LogP contribution in [0.5, 0.6) is 0 Å². The van der Waals surface area contributed by atoms with Crippen molar-refractivity contribution in [1.82, 2.24) is 5.32 Å². The SMILES string of the molecule is COC1CCC(C)(NC(=O)Cc2ccccc2C)CC1. The quantitative estimate of drug-likeness (QED) is 0.917. The number of hydrogen-bond donors (Lipinski definition) is 1. The highest BCUT2D eigenvalue weighted by atomic mass is 16.5. The molecule has 1 aliphatic rings. The normalized spacial score (nSPS) is 26.2. The van der Waals surface area contributed by atoms with E-state index in [0.29, 0.717) is 12.5 Å². The lowest BCUT2D eigenvalue weighted by Crippen LogP contribution is -2.49. The molecule has 20 heavy (non-hydrogen) atoms. The number of benzene rings is 1. The number of ether oxygens (including phenoxy) is 1. The summed E-state index contributed by atoms with van der Waals surface area (Å²) in [7, 11) is 1.77. The van der Waals surface area contributed by atoms with E-state index in [-0.39, 0.29) is 11.4 Å². The van der Waals surface area contributed by atoms with Crippen molar-refractivity contribution in [3.8, 4) is 0 Å². The first-order valence-corrected chi connectivity index (χ1v) is 7.41. The van der Waals surface area contributed by atoms with Crippen molar-refractivity contribution in [3.63, 3.8) is 0 Å².